The molecule has 1 aliphatic heterocycles. The maximum Gasteiger partial charge on any atom is 0.280 e. The number of hydrogen-bond donors (Lipinski definition) is 3. The highest BCUT2D eigenvalue weighted by molar-refractivity contribution is 9.10. The first-order valence-electron chi connectivity index (χ1n) is 12.6. The summed E-state index contributed by atoms with van der Waals surface area (Å²) in [4.78, 5) is 24.4. The average molecular weight is 602 g/mol. The summed E-state index contributed by atoms with van der Waals surface area (Å²) in [5, 5.41) is 22.2. The number of halogens is 1. The lowest BCUT2D eigenvalue weighted by Gasteiger charge is -2.37. The molecule has 12 nitrogen and oxygen atoms in total. The molecule has 1 fully saturated rings. The van der Waals surface area contributed by atoms with E-state index in [0.29, 0.717) is 29.3 Å². The number of imidazole rings is 1. The predicted molar refractivity (Wildman–Crippen MR) is 145 cm³/mol. The number of hydrogen-bond acceptors (Lipinski definition) is 10. The highest BCUT2D eigenvalue weighted by atomic mass is 79.9. The third-order valence-electron chi connectivity index (χ3n) is 5.87. The largest absolute Gasteiger partial charge is 0.394 e. The second-order valence-electron chi connectivity index (χ2n) is 9.36. The van der Waals surface area contributed by atoms with Gasteiger partial charge >= 0.3 is 0 Å². The number of ether oxygens (including phenoxy) is 1. The number of nitrogens with one attached hydrogen (secondary N) is 2. The molecule has 4 atom stereocenters. The summed E-state index contributed by atoms with van der Waals surface area (Å²) in [5.41, 5.74) is 0.205. The Labute approximate surface area is 226 Å². The molecule has 0 spiro atoms. The van der Waals surface area contributed by atoms with Gasteiger partial charge in [-0.25, -0.2) is 9.65 Å². The first kappa shape index (κ1) is 29.9. The van der Waals surface area contributed by atoms with Crippen LogP contribution < -0.4 is 10.9 Å². The van der Waals surface area contributed by atoms with Crippen LogP contribution in [0.2, 0.25) is 0 Å². The molecule has 3 heterocycles. The molecular weight excluding hydrogens is 565 g/mol. The van der Waals surface area contributed by atoms with Gasteiger partial charge in [0, 0.05) is 25.0 Å². The van der Waals surface area contributed by atoms with E-state index in [0.717, 1.165) is 12.8 Å². The summed E-state index contributed by atoms with van der Waals surface area (Å²) in [6.07, 6.45) is 0.894. The van der Waals surface area contributed by atoms with Crippen LogP contribution >= 0.6 is 24.5 Å². The van der Waals surface area contributed by atoms with Crippen molar-refractivity contribution >= 4 is 41.6 Å². The fourth-order valence-electron chi connectivity index (χ4n) is 4.22. The Morgan fingerprint density at radius 1 is 1.38 bits per heavy atom. The quantitative estimate of drug-likeness (QED) is 0.164. The van der Waals surface area contributed by atoms with Gasteiger partial charge in [0.25, 0.3) is 14.1 Å². The Hall–Kier alpha value is -1.65. The number of aromatic nitrogens is 4. The SMILES string of the molecule is CCCCNc1nc2c(nc(Br)n2[C@H]2C[C@H](OP(OCCC#N)N(C(C)C)C(C)C)[C@@H](CO)O2)c(=O)[nH]1. The van der Waals surface area contributed by atoms with E-state index in [4.69, 9.17) is 19.0 Å². The molecule has 3 N–H and O–H groups in total. The molecule has 206 valence electrons. The van der Waals surface area contributed by atoms with Crippen LogP contribution in [0.3, 0.4) is 0 Å². The van der Waals surface area contributed by atoms with Gasteiger partial charge < -0.3 is 24.2 Å². The Balaban J connectivity index is 1.88. The van der Waals surface area contributed by atoms with Gasteiger partial charge in [-0.1, -0.05) is 13.3 Å². The molecule has 3 rings (SSSR count). The van der Waals surface area contributed by atoms with E-state index in [-0.39, 0.29) is 42.8 Å². The third kappa shape index (κ3) is 7.26. The zero-order valence-corrected chi connectivity index (χ0v) is 24.5. The first-order chi connectivity index (χ1) is 17.7. The van der Waals surface area contributed by atoms with Gasteiger partial charge in [-0.15, -0.1) is 0 Å². The van der Waals surface area contributed by atoms with E-state index in [1.165, 1.54) is 0 Å². The maximum atomic E-state index is 12.7. The van der Waals surface area contributed by atoms with Crippen LogP contribution in [-0.2, 0) is 13.8 Å². The molecule has 1 saturated heterocycles. The van der Waals surface area contributed by atoms with Crippen molar-refractivity contribution in [2.45, 2.75) is 90.8 Å². The summed E-state index contributed by atoms with van der Waals surface area (Å²) in [7, 11) is -1.52. The van der Waals surface area contributed by atoms with Crippen molar-refractivity contribution < 1.29 is 18.9 Å². The Morgan fingerprint density at radius 3 is 2.73 bits per heavy atom. The van der Waals surface area contributed by atoms with Crippen LogP contribution in [0.25, 0.3) is 11.2 Å². The van der Waals surface area contributed by atoms with Crippen LogP contribution in [0.15, 0.2) is 9.53 Å². The van der Waals surface area contributed by atoms with Gasteiger partial charge in [-0.05, 0) is 50.0 Å². The molecule has 1 unspecified atom stereocenters. The van der Waals surface area contributed by atoms with Crippen LogP contribution in [0.5, 0.6) is 0 Å². The minimum absolute atomic E-state index is 0.139. The number of aromatic amines is 1. The highest BCUT2D eigenvalue weighted by Crippen LogP contribution is 2.50. The maximum absolute atomic E-state index is 12.7. The number of anilines is 1. The number of fused-ring (bicyclic) bond motifs is 1. The smallest absolute Gasteiger partial charge is 0.280 e. The monoisotopic (exact) mass is 601 g/mol. The summed E-state index contributed by atoms with van der Waals surface area (Å²) < 4.78 is 22.9. The number of nitriles is 1. The predicted octanol–water partition coefficient (Wildman–Crippen LogP) is 4.04. The van der Waals surface area contributed by atoms with E-state index in [1.54, 1.807) is 4.57 Å². The normalized spacial score (nSPS) is 20.8. The van der Waals surface area contributed by atoms with E-state index in [2.05, 4.69) is 81.6 Å². The molecule has 0 aliphatic carbocycles. The van der Waals surface area contributed by atoms with Crippen molar-refractivity contribution in [3.8, 4) is 6.07 Å². The second kappa shape index (κ2) is 13.9. The fourth-order valence-corrected chi connectivity index (χ4v) is 6.56. The van der Waals surface area contributed by atoms with Crippen LogP contribution in [0, 0.1) is 11.3 Å². The van der Waals surface area contributed by atoms with Gasteiger partial charge in [0.05, 0.1) is 31.8 Å². The molecule has 0 radical (unpaired) electrons. The lowest BCUT2D eigenvalue weighted by atomic mass is 10.2. The molecule has 0 saturated carbocycles. The Bertz CT molecular complexity index is 1110. The van der Waals surface area contributed by atoms with Gasteiger partial charge in [0.1, 0.15) is 12.3 Å². The minimum Gasteiger partial charge on any atom is -0.394 e. The van der Waals surface area contributed by atoms with Crippen molar-refractivity contribution in [2.75, 3.05) is 25.1 Å². The van der Waals surface area contributed by atoms with Gasteiger partial charge in [0.15, 0.2) is 15.9 Å². The van der Waals surface area contributed by atoms with Gasteiger partial charge in [0.2, 0.25) is 5.95 Å². The summed E-state index contributed by atoms with van der Waals surface area (Å²) in [5.74, 6) is 0.364. The van der Waals surface area contributed by atoms with Crippen molar-refractivity contribution in [1.29, 1.82) is 5.26 Å². The molecule has 2 aromatic rings. The third-order valence-corrected chi connectivity index (χ3v) is 8.58. The van der Waals surface area contributed by atoms with Gasteiger partial charge in [-0.3, -0.25) is 14.3 Å². The van der Waals surface area contributed by atoms with Gasteiger partial charge in [-0.2, -0.15) is 10.2 Å². The molecular formula is C23H37BrN7O5P. The number of aliphatic hydroxyl groups is 1. The van der Waals surface area contributed by atoms with Crippen molar-refractivity contribution in [1.82, 2.24) is 24.2 Å². The van der Waals surface area contributed by atoms with Crippen molar-refractivity contribution in [2.24, 2.45) is 0 Å². The fraction of sp³-hybridized carbons (Fsp3) is 0.739. The van der Waals surface area contributed by atoms with E-state index >= 15 is 0 Å². The van der Waals surface area contributed by atoms with E-state index in [1.807, 2.05) is 0 Å². The Kier molecular flexibility index (Phi) is 11.3. The minimum atomic E-state index is -1.52. The zero-order valence-electron chi connectivity index (χ0n) is 22.0. The lowest BCUT2D eigenvalue weighted by Crippen LogP contribution is -2.36. The highest BCUT2D eigenvalue weighted by Gasteiger charge is 2.42. The van der Waals surface area contributed by atoms with E-state index < -0.39 is 27.0 Å². The number of H-pyrrole nitrogens is 1. The number of unbranched alkanes of at least 4 members (excludes halogenated alkanes) is 1. The topological polar surface area (TPSA) is 151 Å². The summed E-state index contributed by atoms with van der Waals surface area (Å²) in [6, 6.07) is 2.38. The summed E-state index contributed by atoms with van der Waals surface area (Å²) >= 11 is 3.45. The number of rotatable bonds is 14. The van der Waals surface area contributed by atoms with Crippen LogP contribution in [-0.4, -0.2) is 73.3 Å². The van der Waals surface area contributed by atoms with E-state index in [9.17, 15) is 9.90 Å². The molecule has 14 heteroatoms. The molecule has 0 aromatic carbocycles. The molecule has 0 bridgehead atoms. The average Bonchev–Trinajstić information content (AvgIpc) is 3.38. The van der Waals surface area contributed by atoms with Crippen molar-refractivity contribution in [3.05, 3.63) is 15.1 Å². The lowest BCUT2D eigenvalue weighted by molar-refractivity contribution is -0.0418. The molecule has 2 aromatic heterocycles. The van der Waals surface area contributed by atoms with Crippen LogP contribution in [0.4, 0.5) is 5.95 Å². The van der Waals surface area contributed by atoms with Crippen molar-refractivity contribution in [3.63, 3.8) is 0 Å². The number of nitrogens with zero attached hydrogens (tertiary/aromatic N) is 5. The molecule has 1 aliphatic rings. The standard InChI is InChI=1S/C23H37BrN7O5P/c1-6-7-10-26-23-28-20-19(21(33)29-23)27-22(24)30(20)18-12-16(17(13-32)35-18)36-37(34-11-8-9-25)31(14(2)3)15(4)5/h14-18,32H,6-8,10-13H2,1-5H3,(H2,26,28,29,33)/t16-,17+,18+,37?/m0/s1. The molecule has 0 amide bonds. The second-order valence-corrected chi connectivity index (χ2v) is 11.5. The molecule has 37 heavy (non-hydrogen) atoms. The summed E-state index contributed by atoms with van der Waals surface area (Å²) in [6.45, 7) is 11.0. The first-order valence-corrected chi connectivity index (χ1v) is 14.6. The number of aliphatic hydroxyl groups excluding tert-OH is 1. The zero-order chi connectivity index (χ0) is 27.1. The van der Waals surface area contributed by atoms with Crippen LogP contribution in [0.1, 0.15) is 66.5 Å². The Morgan fingerprint density at radius 2 is 2.11 bits per heavy atom.